The number of amides is 1. The van der Waals surface area contributed by atoms with Gasteiger partial charge in [-0.2, -0.15) is 0 Å². The van der Waals surface area contributed by atoms with Crippen molar-refractivity contribution in [2.24, 2.45) is 0 Å². The topological polar surface area (TPSA) is 98.9 Å². The van der Waals surface area contributed by atoms with Crippen LogP contribution in [0.25, 0.3) is 0 Å². The second-order valence-corrected chi connectivity index (χ2v) is 8.84. The van der Waals surface area contributed by atoms with Gasteiger partial charge in [-0.15, -0.1) is 0 Å². The predicted molar refractivity (Wildman–Crippen MR) is 136 cm³/mol. The Morgan fingerprint density at radius 1 is 0.912 bits per heavy atom. The number of phenols is 1. The van der Waals surface area contributed by atoms with E-state index in [-0.39, 0.29) is 22.7 Å². The fourth-order valence-electron chi connectivity index (χ4n) is 3.99. The molecule has 3 aromatic carbocycles. The van der Waals surface area contributed by atoms with Gasteiger partial charge in [-0.25, -0.2) is 0 Å². The Morgan fingerprint density at radius 2 is 1.59 bits per heavy atom. The monoisotopic (exact) mass is 478 g/mol. The molecule has 4 rings (SSSR count). The maximum atomic E-state index is 12.9. The first kappa shape index (κ1) is 23.6. The number of rotatable bonds is 5. The number of hydrogen-bond donors (Lipinski definition) is 3. The smallest absolute Gasteiger partial charge is 0.255 e. The van der Waals surface area contributed by atoms with Gasteiger partial charge in [0.15, 0.2) is 11.5 Å². The SMILES string of the molecule is CN1CCCN(c2ccc(C(=O)Nc3c(N)ccc(C(=O)c4ccc(Cl)cc4)c3O)cc2)CC1. The minimum absolute atomic E-state index is 0.00412. The van der Waals surface area contributed by atoms with Crippen molar-refractivity contribution < 1.29 is 14.7 Å². The third-order valence-corrected chi connectivity index (χ3v) is 6.27. The number of nitrogen functional groups attached to an aromatic ring is 1. The molecule has 3 aromatic rings. The molecular formula is C26H27ClN4O3. The molecule has 0 spiro atoms. The van der Waals surface area contributed by atoms with Crippen LogP contribution >= 0.6 is 11.6 Å². The number of aromatic hydroxyl groups is 1. The summed E-state index contributed by atoms with van der Waals surface area (Å²) < 4.78 is 0. The number of carbonyl (C=O) groups is 2. The first-order valence-corrected chi connectivity index (χ1v) is 11.5. The van der Waals surface area contributed by atoms with Gasteiger partial charge >= 0.3 is 0 Å². The number of nitrogens with one attached hydrogen (secondary N) is 1. The molecule has 7 nitrogen and oxygen atoms in total. The molecule has 0 aromatic heterocycles. The molecule has 1 amide bonds. The Morgan fingerprint density at radius 3 is 2.29 bits per heavy atom. The lowest BCUT2D eigenvalue weighted by Crippen LogP contribution is -2.28. The van der Waals surface area contributed by atoms with Gasteiger partial charge in [0.05, 0.1) is 11.3 Å². The number of nitrogens with two attached hydrogens (primary N) is 1. The second kappa shape index (κ2) is 10.2. The summed E-state index contributed by atoms with van der Waals surface area (Å²) in [5, 5.41) is 13.9. The summed E-state index contributed by atoms with van der Waals surface area (Å²) >= 11 is 5.89. The number of benzene rings is 3. The van der Waals surface area contributed by atoms with Crippen molar-refractivity contribution in [3.05, 3.63) is 82.4 Å². The number of nitrogens with zero attached hydrogens (tertiary/aromatic N) is 2. The molecule has 0 radical (unpaired) electrons. The van der Waals surface area contributed by atoms with Crippen molar-refractivity contribution in [2.75, 3.05) is 49.2 Å². The fraction of sp³-hybridized carbons (Fsp3) is 0.231. The number of carbonyl (C=O) groups excluding carboxylic acids is 2. The van der Waals surface area contributed by atoms with Crippen LogP contribution in [-0.4, -0.2) is 54.9 Å². The van der Waals surface area contributed by atoms with E-state index in [1.807, 2.05) is 12.1 Å². The first-order valence-electron chi connectivity index (χ1n) is 11.1. The van der Waals surface area contributed by atoms with Crippen molar-refractivity contribution in [1.82, 2.24) is 4.90 Å². The Balaban J connectivity index is 1.52. The number of hydrogen-bond acceptors (Lipinski definition) is 6. The Bertz CT molecular complexity index is 1200. The summed E-state index contributed by atoms with van der Waals surface area (Å²) in [4.78, 5) is 30.4. The van der Waals surface area contributed by atoms with E-state index >= 15 is 0 Å². The Labute approximate surface area is 203 Å². The maximum absolute atomic E-state index is 12.9. The normalized spacial score (nSPS) is 14.5. The Kier molecular flexibility index (Phi) is 7.05. The lowest BCUT2D eigenvalue weighted by molar-refractivity contribution is 0.101. The fourth-order valence-corrected chi connectivity index (χ4v) is 4.12. The average Bonchev–Trinajstić information content (AvgIpc) is 3.06. The standard InChI is InChI=1S/C26H27ClN4O3/c1-30-13-2-14-31(16-15-30)20-9-5-18(6-10-20)26(34)29-23-22(28)12-11-21(25(23)33)24(32)17-3-7-19(27)8-4-17/h3-12,33H,2,13-16,28H2,1H3,(H,29,34). The molecule has 1 saturated heterocycles. The molecule has 0 bridgehead atoms. The molecule has 0 atom stereocenters. The highest BCUT2D eigenvalue weighted by Gasteiger charge is 2.20. The van der Waals surface area contributed by atoms with Crippen molar-refractivity contribution >= 4 is 40.4 Å². The lowest BCUT2D eigenvalue weighted by atomic mass is 10.0. The summed E-state index contributed by atoms with van der Waals surface area (Å²) in [5.41, 5.74) is 8.04. The van der Waals surface area contributed by atoms with Gasteiger partial charge in [-0.05, 0) is 80.7 Å². The summed E-state index contributed by atoms with van der Waals surface area (Å²) in [5.74, 6) is -1.21. The van der Waals surface area contributed by atoms with Crippen molar-refractivity contribution in [3.63, 3.8) is 0 Å². The largest absolute Gasteiger partial charge is 0.505 e. The van der Waals surface area contributed by atoms with E-state index in [0.717, 1.165) is 38.3 Å². The molecule has 0 unspecified atom stereocenters. The molecule has 1 aliphatic heterocycles. The number of phenolic OH excluding ortho intramolecular Hbond substituents is 1. The molecule has 0 saturated carbocycles. The minimum atomic E-state index is -0.430. The lowest BCUT2D eigenvalue weighted by Gasteiger charge is -2.23. The average molecular weight is 479 g/mol. The molecule has 1 heterocycles. The highest BCUT2D eigenvalue weighted by atomic mass is 35.5. The van der Waals surface area contributed by atoms with Gasteiger partial charge in [0.25, 0.3) is 5.91 Å². The van der Waals surface area contributed by atoms with Crippen molar-refractivity contribution in [1.29, 1.82) is 0 Å². The Hall–Kier alpha value is -3.55. The maximum Gasteiger partial charge on any atom is 0.255 e. The van der Waals surface area contributed by atoms with Gasteiger partial charge in [0.1, 0.15) is 5.69 Å². The molecule has 1 aliphatic rings. The van der Waals surface area contributed by atoms with Gasteiger partial charge < -0.3 is 26.0 Å². The van der Waals surface area contributed by atoms with Crippen molar-refractivity contribution in [2.45, 2.75) is 6.42 Å². The van der Waals surface area contributed by atoms with E-state index in [0.29, 0.717) is 16.1 Å². The second-order valence-electron chi connectivity index (χ2n) is 8.41. The predicted octanol–water partition coefficient (Wildman–Crippen LogP) is 4.25. The molecule has 4 N–H and O–H groups in total. The number of likely N-dealkylation sites (N-methyl/N-ethyl adjacent to an activating group) is 1. The molecule has 0 aliphatic carbocycles. The third kappa shape index (κ3) is 5.16. The van der Waals surface area contributed by atoms with Crippen LogP contribution in [0.4, 0.5) is 17.1 Å². The van der Waals surface area contributed by atoms with Crippen LogP contribution in [0, 0.1) is 0 Å². The zero-order valence-electron chi connectivity index (χ0n) is 18.9. The van der Waals surface area contributed by atoms with E-state index in [2.05, 4.69) is 22.2 Å². The zero-order chi connectivity index (χ0) is 24.2. The van der Waals surface area contributed by atoms with Gasteiger partial charge in [0, 0.05) is 41.5 Å². The van der Waals surface area contributed by atoms with Gasteiger partial charge in [-0.3, -0.25) is 9.59 Å². The zero-order valence-corrected chi connectivity index (χ0v) is 19.7. The van der Waals surface area contributed by atoms with E-state index in [4.69, 9.17) is 17.3 Å². The summed E-state index contributed by atoms with van der Waals surface area (Å²) in [6.45, 7) is 3.96. The van der Waals surface area contributed by atoms with E-state index in [1.54, 1.807) is 36.4 Å². The van der Waals surface area contributed by atoms with Crippen LogP contribution < -0.4 is 16.0 Å². The number of anilines is 3. The summed E-state index contributed by atoms with van der Waals surface area (Å²) in [7, 11) is 2.12. The third-order valence-electron chi connectivity index (χ3n) is 6.01. The molecule has 34 heavy (non-hydrogen) atoms. The summed E-state index contributed by atoms with van der Waals surface area (Å²) in [6.07, 6.45) is 1.09. The van der Waals surface area contributed by atoms with Crippen LogP contribution in [0.2, 0.25) is 5.02 Å². The number of ketones is 1. The van der Waals surface area contributed by atoms with Crippen molar-refractivity contribution in [3.8, 4) is 5.75 Å². The highest BCUT2D eigenvalue weighted by molar-refractivity contribution is 6.30. The number of halogens is 1. The van der Waals surface area contributed by atoms with Gasteiger partial charge in [0.2, 0.25) is 0 Å². The quantitative estimate of drug-likeness (QED) is 0.288. The van der Waals surface area contributed by atoms with E-state index < -0.39 is 11.7 Å². The first-order chi connectivity index (χ1) is 16.3. The van der Waals surface area contributed by atoms with Crippen LogP contribution in [0.1, 0.15) is 32.7 Å². The van der Waals surface area contributed by atoms with Crippen LogP contribution in [0.15, 0.2) is 60.7 Å². The van der Waals surface area contributed by atoms with Crippen LogP contribution in [-0.2, 0) is 0 Å². The van der Waals surface area contributed by atoms with E-state index in [1.165, 1.54) is 12.1 Å². The summed E-state index contributed by atoms with van der Waals surface area (Å²) in [6, 6.07) is 16.6. The van der Waals surface area contributed by atoms with Crippen LogP contribution in [0.3, 0.4) is 0 Å². The molecular weight excluding hydrogens is 452 g/mol. The van der Waals surface area contributed by atoms with Gasteiger partial charge in [-0.1, -0.05) is 11.6 Å². The molecule has 176 valence electrons. The van der Waals surface area contributed by atoms with E-state index in [9.17, 15) is 14.7 Å². The van der Waals surface area contributed by atoms with Crippen LogP contribution in [0.5, 0.6) is 5.75 Å². The molecule has 1 fully saturated rings. The molecule has 8 heteroatoms. The highest BCUT2D eigenvalue weighted by Crippen LogP contribution is 2.35. The minimum Gasteiger partial charge on any atom is -0.505 e.